The van der Waals surface area contributed by atoms with E-state index in [1.807, 2.05) is 35.2 Å². The van der Waals surface area contributed by atoms with Gasteiger partial charge in [-0.2, -0.15) is 0 Å². The first-order chi connectivity index (χ1) is 12.3. The van der Waals surface area contributed by atoms with Crippen molar-refractivity contribution in [3.8, 4) is 0 Å². The number of amides is 1. The lowest BCUT2D eigenvalue weighted by atomic mass is 9.93. The van der Waals surface area contributed by atoms with Gasteiger partial charge < -0.3 is 14.5 Å². The Balaban J connectivity index is 1.36. The van der Waals surface area contributed by atoms with E-state index < -0.39 is 0 Å². The molecule has 138 valence electrons. The van der Waals surface area contributed by atoms with Gasteiger partial charge in [-0.1, -0.05) is 36.8 Å². The van der Waals surface area contributed by atoms with E-state index in [9.17, 15) is 4.79 Å². The van der Waals surface area contributed by atoms with Crippen LogP contribution in [-0.4, -0.2) is 48.6 Å². The van der Waals surface area contributed by atoms with Gasteiger partial charge in [-0.3, -0.25) is 0 Å². The number of piperidine rings is 2. The highest BCUT2D eigenvalue weighted by atomic mass is 16.6. The lowest BCUT2D eigenvalue weighted by Gasteiger charge is -2.33. The molecule has 3 rings (SSSR count). The van der Waals surface area contributed by atoms with Crippen molar-refractivity contribution in [1.29, 1.82) is 0 Å². The molecule has 1 aromatic carbocycles. The Morgan fingerprint density at radius 3 is 2.64 bits per heavy atom. The van der Waals surface area contributed by atoms with E-state index in [1.54, 1.807) is 0 Å². The zero-order chi connectivity index (χ0) is 17.3. The molecule has 1 atom stereocenters. The summed E-state index contributed by atoms with van der Waals surface area (Å²) in [7, 11) is 0. The van der Waals surface area contributed by atoms with Gasteiger partial charge in [0.05, 0.1) is 0 Å². The molecule has 2 saturated heterocycles. The maximum Gasteiger partial charge on any atom is 0.410 e. The van der Waals surface area contributed by atoms with Crippen molar-refractivity contribution in [2.75, 3.05) is 32.7 Å². The van der Waals surface area contributed by atoms with Crippen LogP contribution < -0.4 is 0 Å². The molecule has 1 amide bonds. The van der Waals surface area contributed by atoms with Crippen molar-refractivity contribution >= 4 is 6.09 Å². The van der Waals surface area contributed by atoms with E-state index in [0.717, 1.165) is 25.1 Å². The third-order valence-corrected chi connectivity index (χ3v) is 5.52. The molecule has 2 fully saturated rings. The predicted octanol–water partition coefficient (Wildman–Crippen LogP) is 4.30. The Labute approximate surface area is 152 Å². The molecule has 0 radical (unpaired) electrons. The molecule has 2 heterocycles. The topological polar surface area (TPSA) is 32.8 Å². The van der Waals surface area contributed by atoms with Gasteiger partial charge in [0.1, 0.15) is 6.61 Å². The van der Waals surface area contributed by atoms with Crippen LogP contribution in [0.3, 0.4) is 0 Å². The maximum absolute atomic E-state index is 12.3. The minimum absolute atomic E-state index is 0.149. The summed E-state index contributed by atoms with van der Waals surface area (Å²) in [5.41, 5.74) is 1.05. The molecule has 0 spiro atoms. The minimum atomic E-state index is -0.149. The summed E-state index contributed by atoms with van der Waals surface area (Å²) in [5.74, 6) is 0.641. The molecule has 4 heteroatoms. The highest BCUT2D eigenvalue weighted by Gasteiger charge is 2.24. The Bertz CT molecular complexity index is 514. The summed E-state index contributed by atoms with van der Waals surface area (Å²) < 4.78 is 5.49. The van der Waals surface area contributed by atoms with Gasteiger partial charge in [-0.15, -0.1) is 0 Å². The summed E-state index contributed by atoms with van der Waals surface area (Å²) in [6.45, 7) is 5.87. The molecule has 2 aliphatic rings. The zero-order valence-corrected chi connectivity index (χ0v) is 15.4. The van der Waals surface area contributed by atoms with Crippen molar-refractivity contribution in [3.63, 3.8) is 0 Å². The first kappa shape index (κ1) is 18.2. The van der Waals surface area contributed by atoms with E-state index in [1.165, 1.54) is 58.2 Å². The molecule has 4 nitrogen and oxygen atoms in total. The minimum Gasteiger partial charge on any atom is -0.445 e. The number of likely N-dealkylation sites (tertiary alicyclic amines) is 2. The second-order valence-corrected chi connectivity index (χ2v) is 7.54. The molecular weight excluding hydrogens is 312 g/mol. The third-order valence-electron chi connectivity index (χ3n) is 5.52. The molecule has 1 unspecified atom stereocenters. The van der Waals surface area contributed by atoms with Crippen LogP contribution in [0.1, 0.15) is 50.5 Å². The highest BCUT2D eigenvalue weighted by molar-refractivity contribution is 5.67. The second-order valence-electron chi connectivity index (χ2n) is 7.54. The number of carbonyl (C=O) groups is 1. The van der Waals surface area contributed by atoms with Crippen LogP contribution in [0.4, 0.5) is 4.79 Å². The summed E-state index contributed by atoms with van der Waals surface area (Å²) in [5, 5.41) is 0. The summed E-state index contributed by atoms with van der Waals surface area (Å²) in [6.07, 6.45) is 8.84. The Hall–Kier alpha value is -1.55. The van der Waals surface area contributed by atoms with Gasteiger partial charge in [0.2, 0.25) is 0 Å². The normalized spacial score (nSPS) is 21.9. The zero-order valence-electron chi connectivity index (χ0n) is 15.4. The quantitative estimate of drug-likeness (QED) is 0.771. The van der Waals surface area contributed by atoms with Gasteiger partial charge in [-0.05, 0) is 69.6 Å². The number of nitrogens with zero attached hydrogens (tertiary/aromatic N) is 2. The lowest BCUT2D eigenvalue weighted by Crippen LogP contribution is -2.40. The molecule has 1 aromatic rings. The molecule has 0 aliphatic carbocycles. The van der Waals surface area contributed by atoms with Gasteiger partial charge in [0.15, 0.2) is 0 Å². The number of hydrogen-bond donors (Lipinski definition) is 0. The van der Waals surface area contributed by atoms with E-state index in [0.29, 0.717) is 12.5 Å². The molecular formula is C21H32N2O2. The molecule has 0 saturated carbocycles. The smallest absolute Gasteiger partial charge is 0.410 e. The average molecular weight is 344 g/mol. The van der Waals surface area contributed by atoms with Crippen LogP contribution in [0.5, 0.6) is 0 Å². The maximum atomic E-state index is 12.3. The highest BCUT2D eigenvalue weighted by Crippen LogP contribution is 2.22. The summed E-state index contributed by atoms with van der Waals surface area (Å²) in [4.78, 5) is 16.9. The van der Waals surface area contributed by atoms with Crippen LogP contribution >= 0.6 is 0 Å². The first-order valence-electron chi connectivity index (χ1n) is 9.99. The standard InChI is InChI=1S/C21H32N2O2/c24-21(25-18-20-9-3-1-4-10-20)23-16-8-12-19(17-23)11-7-15-22-13-5-2-6-14-22/h1,3-4,9-10,19H,2,5-8,11-18H2. The van der Waals surface area contributed by atoms with Crippen molar-refractivity contribution in [3.05, 3.63) is 35.9 Å². The molecule has 0 aromatic heterocycles. The molecule has 0 N–H and O–H groups in total. The number of hydrogen-bond acceptors (Lipinski definition) is 3. The predicted molar refractivity (Wildman–Crippen MR) is 100 cm³/mol. The molecule has 25 heavy (non-hydrogen) atoms. The van der Waals surface area contributed by atoms with Crippen LogP contribution in [0.15, 0.2) is 30.3 Å². The van der Waals surface area contributed by atoms with Gasteiger partial charge in [0.25, 0.3) is 0 Å². The molecule has 0 bridgehead atoms. The van der Waals surface area contributed by atoms with Gasteiger partial charge >= 0.3 is 6.09 Å². The van der Waals surface area contributed by atoms with Crippen molar-refractivity contribution < 1.29 is 9.53 Å². The Kier molecular flexibility index (Phi) is 7.16. The van der Waals surface area contributed by atoms with Crippen molar-refractivity contribution in [1.82, 2.24) is 9.80 Å². The SMILES string of the molecule is O=C(OCc1ccccc1)N1CCCC(CCCN2CCCCC2)C1. The third kappa shape index (κ3) is 6.03. The fourth-order valence-corrected chi connectivity index (χ4v) is 4.06. The number of ether oxygens (including phenoxy) is 1. The lowest BCUT2D eigenvalue weighted by molar-refractivity contribution is 0.0771. The van der Waals surface area contributed by atoms with Gasteiger partial charge in [-0.25, -0.2) is 4.79 Å². The van der Waals surface area contributed by atoms with Crippen LogP contribution in [0.2, 0.25) is 0 Å². The summed E-state index contributed by atoms with van der Waals surface area (Å²) >= 11 is 0. The number of carbonyl (C=O) groups excluding carboxylic acids is 1. The van der Waals surface area contributed by atoms with E-state index in [2.05, 4.69) is 4.90 Å². The number of rotatable bonds is 6. The van der Waals surface area contributed by atoms with Crippen LogP contribution in [0.25, 0.3) is 0 Å². The van der Waals surface area contributed by atoms with Gasteiger partial charge in [0, 0.05) is 13.1 Å². The van der Waals surface area contributed by atoms with Crippen molar-refractivity contribution in [2.45, 2.75) is 51.6 Å². The fraction of sp³-hybridized carbons (Fsp3) is 0.667. The average Bonchev–Trinajstić information content (AvgIpc) is 2.68. The Morgan fingerprint density at radius 1 is 1.04 bits per heavy atom. The summed E-state index contributed by atoms with van der Waals surface area (Å²) in [6, 6.07) is 9.91. The Morgan fingerprint density at radius 2 is 1.84 bits per heavy atom. The fourth-order valence-electron chi connectivity index (χ4n) is 4.06. The van der Waals surface area contributed by atoms with E-state index in [-0.39, 0.29) is 6.09 Å². The first-order valence-corrected chi connectivity index (χ1v) is 9.99. The van der Waals surface area contributed by atoms with E-state index in [4.69, 9.17) is 4.74 Å². The number of benzene rings is 1. The van der Waals surface area contributed by atoms with Crippen LogP contribution in [0, 0.1) is 5.92 Å². The second kappa shape index (κ2) is 9.81. The van der Waals surface area contributed by atoms with E-state index >= 15 is 0 Å². The largest absolute Gasteiger partial charge is 0.445 e. The molecule has 2 aliphatic heterocycles. The van der Waals surface area contributed by atoms with Crippen molar-refractivity contribution in [2.24, 2.45) is 5.92 Å². The van der Waals surface area contributed by atoms with Crippen LogP contribution in [-0.2, 0) is 11.3 Å². The monoisotopic (exact) mass is 344 g/mol.